The van der Waals surface area contributed by atoms with Gasteiger partial charge in [-0.3, -0.25) is 33.6 Å². The van der Waals surface area contributed by atoms with E-state index >= 15 is 19.2 Å². The van der Waals surface area contributed by atoms with Crippen LogP contribution in [0, 0.1) is 18.8 Å². The van der Waals surface area contributed by atoms with Gasteiger partial charge in [0.2, 0.25) is 59.3 Å². The van der Waals surface area contributed by atoms with Gasteiger partial charge in [-0.05, 0) is 139 Å². The lowest BCUT2D eigenvalue weighted by molar-refractivity contribution is -0.330. The number of aromatic nitrogens is 2. The van der Waals surface area contributed by atoms with Crippen LogP contribution in [0.4, 0.5) is 0 Å². The van der Waals surface area contributed by atoms with Crippen molar-refractivity contribution in [2.24, 2.45) is 17.6 Å². The highest BCUT2D eigenvalue weighted by atomic mass is 35.5. The zero-order chi connectivity index (χ0) is 87.8. The van der Waals surface area contributed by atoms with Gasteiger partial charge in [0, 0.05) is 69.7 Å². The van der Waals surface area contributed by atoms with Crippen LogP contribution >= 0.6 is 46.6 Å². The molecule has 19 N–H and O–H groups in total. The molecule has 0 saturated carbocycles. The van der Waals surface area contributed by atoms with Crippen molar-refractivity contribution in [1.82, 2.24) is 47.2 Å². The number of aryl methyl sites for hydroxylation is 1. The number of hydrogen-bond acceptors (Lipinski definition) is 27. The summed E-state index contributed by atoms with van der Waals surface area (Å²) < 4.78 is 40.6. The van der Waals surface area contributed by atoms with Crippen LogP contribution in [0.3, 0.4) is 0 Å². The lowest BCUT2D eigenvalue weighted by Gasteiger charge is -2.48. The number of carbonyl (C=O) groups excluding carboxylic acids is 7. The van der Waals surface area contributed by atoms with Gasteiger partial charge in [-0.15, -0.1) is 0 Å². The Labute approximate surface area is 715 Å². The van der Waals surface area contributed by atoms with Crippen molar-refractivity contribution < 1.29 is 118 Å². The lowest BCUT2D eigenvalue weighted by Crippen LogP contribution is -2.65. The molecule has 7 amide bonds. The Morgan fingerprint density at radius 1 is 0.664 bits per heavy atom. The van der Waals surface area contributed by atoms with Crippen molar-refractivity contribution in [2.45, 2.75) is 176 Å². The van der Waals surface area contributed by atoms with E-state index in [2.05, 4.69) is 47.2 Å². The number of nitrogens with zero attached hydrogens (tertiary/aromatic N) is 2. The minimum absolute atomic E-state index is 0.00105. The van der Waals surface area contributed by atoms with Crippen molar-refractivity contribution in [3.63, 3.8) is 0 Å². The van der Waals surface area contributed by atoms with Gasteiger partial charge in [0.1, 0.15) is 83.4 Å². The van der Waals surface area contributed by atoms with E-state index < -0.39 is 236 Å². The molecule has 1 aromatic heterocycles. The summed E-state index contributed by atoms with van der Waals surface area (Å²) in [5, 5.41) is 136. The van der Waals surface area contributed by atoms with Crippen LogP contribution in [0.2, 0.25) is 15.1 Å². The Bertz CT molecular complexity index is 5350. The number of benzene rings is 7. The molecule has 122 heavy (non-hydrogen) atoms. The van der Waals surface area contributed by atoms with E-state index in [1.807, 2.05) is 50.2 Å². The lowest BCUT2D eigenvalue weighted by atomic mass is 9.84. The third-order valence-corrected chi connectivity index (χ3v) is 23.3. The average Bonchev–Trinajstić information content (AvgIpc) is 0.761. The zero-order valence-corrected chi connectivity index (χ0v) is 68.9. The molecule has 7 aromatic carbocycles. The quantitative estimate of drug-likeness (QED) is 0.0306. The van der Waals surface area contributed by atoms with Crippen molar-refractivity contribution in [1.29, 1.82) is 0 Å². The maximum absolute atomic E-state index is 16.3. The second-order valence-electron chi connectivity index (χ2n) is 31.0. The first-order chi connectivity index (χ1) is 57.9. The highest BCUT2D eigenvalue weighted by Crippen LogP contribution is 2.50. The number of nitrogens with one attached hydrogen (secondary N) is 7. The number of phenols is 3. The minimum atomic E-state index is -2.37. The Kier molecular flexibility index (Phi) is 26.8. The van der Waals surface area contributed by atoms with Gasteiger partial charge in [-0.2, -0.15) is 4.98 Å². The number of amides is 7. The standard InChI is InChI=1S/C84H87Cl3N10O24S/c1-34(2)21-35(3)75(108)96-66-68(103)42-14-19-54(49(86)24-42)117-56-26-44-27-57(72(56)121-82-73(71(106)70(105)58(119-82)33-122-83-90-36(4)22-60(102)92-83)120-61-31-84(6,74(107)37(5)116-61)89-32-38-7-9-39(10-8-38)40-11-16-45(85)17-12-40)118-55-20-15-43(25-50(55)87)69(104)67-80(113)95-65(81(114)115)48-28-46(98)29-53(100)62(48)47-23-41(13-18-52(47)99)63(77(110)97-67)94-78(111)64(44)93-76(109)51(30-59(88)101)91-79(66)112/h7-20,22-29,34-35,37,51,58,61,63-71,73-74,82,89,98-100,103-107H,21,30-33H2,1-6H3,(H2,88,101)(H,91,112)(H,93,109)(H,94,111)(H,95,113)(H,96,108)(H,97,110)(H,114,115)(H,90,92,102)/t35-,37?,51+,58?,61?,63?,64-,65-,66-,67+,68-,69-,70?,71?,73?,74?,82?,84?/m1/s1. The molecule has 0 aliphatic carbocycles. The van der Waals surface area contributed by atoms with Crippen LogP contribution in [-0.2, 0) is 59.1 Å². The van der Waals surface area contributed by atoms with Crippen LogP contribution in [0.15, 0.2) is 139 Å². The van der Waals surface area contributed by atoms with Gasteiger partial charge in [-0.25, -0.2) is 9.78 Å². The molecule has 11 bridgehead atoms. The van der Waals surface area contributed by atoms with Crippen molar-refractivity contribution in [2.75, 3.05) is 5.75 Å². The van der Waals surface area contributed by atoms with E-state index in [-0.39, 0.29) is 63.7 Å². The van der Waals surface area contributed by atoms with E-state index in [4.69, 9.17) is 69.0 Å². The summed E-state index contributed by atoms with van der Waals surface area (Å²) in [5.41, 5.74) is 4.68. The Balaban J connectivity index is 1.00. The molecule has 10 unspecified atom stereocenters. The van der Waals surface area contributed by atoms with Crippen molar-refractivity contribution in [3.8, 4) is 74.1 Å². The van der Waals surface area contributed by atoms with Gasteiger partial charge in [0.05, 0.1) is 34.8 Å². The number of halogens is 3. The fourth-order valence-electron chi connectivity index (χ4n) is 15.2. The van der Waals surface area contributed by atoms with E-state index in [9.17, 15) is 70.2 Å². The Morgan fingerprint density at radius 2 is 1.28 bits per heavy atom. The number of ether oxygens (including phenoxy) is 6. The fraction of sp³-hybridized carbons (Fsp3) is 0.357. The molecule has 8 aromatic rings. The molecule has 2 fully saturated rings. The Morgan fingerprint density at radius 3 is 1.90 bits per heavy atom. The number of rotatable bonds is 18. The molecule has 38 heteroatoms. The first-order valence-corrected chi connectivity index (χ1v) is 40.7. The number of aliphatic hydroxyl groups excluding tert-OH is 5. The first-order valence-electron chi connectivity index (χ1n) is 38.5. The predicted octanol–water partition coefficient (Wildman–Crippen LogP) is 6.91. The minimum Gasteiger partial charge on any atom is -0.508 e. The fourth-order valence-corrected chi connectivity index (χ4v) is 16.7. The number of hydrogen-bond donors (Lipinski definition) is 18. The van der Waals surface area contributed by atoms with Crippen molar-refractivity contribution in [3.05, 3.63) is 188 Å². The molecule has 8 heterocycles. The summed E-state index contributed by atoms with van der Waals surface area (Å²) in [5.74, 6) is -17.4. The number of primary amides is 1. The van der Waals surface area contributed by atoms with Gasteiger partial charge in [-0.1, -0.05) is 122 Å². The summed E-state index contributed by atoms with van der Waals surface area (Å²) in [7, 11) is 0. The number of carbonyl (C=O) groups is 8. The SMILES string of the molecule is Cc1cc(O)nc(SCC2OC(Oc3c4cc5cc3Oc3ccc(cc3Cl)[C@@H](O)[C@@H](NC(=O)[C@H](C)CC(C)C)C(=O)N[C@@H](CC(N)=O)C(=O)N[C@H]5C(=O)NC3C(=O)N[C@H](C(=O)N[C@@H](C(=O)O)c5cc(O)cc(O)c5-c5cc3ccc5O)[C@H](O)c3ccc(c(Cl)c3)O4)C(OC3CC(C)(NCc4ccc(-c5ccc(Cl)cc5)cc4)C(O)C(C)O3)C(O)C2O)n1. The third-order valence-electron chi connectivity index (χ3n) is 21.5. The number of aromatic hydroxyl groups is 4. The van der Waals surface area contributed by atoms with Gasteiger partial charge < -0.3 is 122 Å². The number of thioether (sulfide) groups is 1. The second-order valence-corrected chi connectivity index (χ2v) is 33.3. The average molecular weight is 1760 g/mol. The molecule has 18 atom stereocenters. The summed E-state index contributed by atoms with van der Waals surface area (Å²) in [6, 6.07) is 16.7. The maximum atomic E-state index is 16.3. The van der Waals surface area contributed by atoms with Crippen molar-refractivity contribution >= 4 is 93.9 Å². The van der Waals surface area contributed by atoms with Gasteiger partial charge in [0.15, 0.2) is 35.1 Å². The summed E-state index contributed by atoms with van der Waals surface area (Å²) in [6.07, 6.45) is -18.4. The molecule has 7 aliphatic heterocycles. The topological polar surface area (TPSA) is 530 Å². The zero-order valence-electron chi connectivity index (χ0n) is 65.8. The number of fused-ring (bicyclic) bond motifs is 15. The number of phenolic OH excluding ortho intramolecular Hbond substituents is 3. The van der Waals surface area contributed by atoms with Crippen LogP contribution in [-0.4, -0.2) is 187 Å². The highest BCUT2D eigenvalue weighted by Gasteiger charge is 2.53. The summed E-state index contributed by atoms with van der Waals surface area (Å²) in [4.78, 5) is 127. The molecule has 644 valence electrons. The monoisotopic (exact) mass is 1760 g/mol. The second kappa shape index (κ2) is 36.9. The molecule has 0 radical (unpaired) electrons. The predicted molar refractivity (Wildman–Crippen MR) is 437 cm³/mol. The van der Waals surface area contributed by atoms with Crippen LogP contribution in [0.25, 0.3) is 22.3 Å². The molecule has 7 aliphatic rings. The van der Waals surface area contributed by atoms with E-state index in [0.29, 0.717) is 10.7 Å². The summed E-state index contributed by atoms with van der Waals surface area (Å²) in [6.45, 7) is 10.3. The number of nitrogens with two attached hydrogens (primary N) is 1. The number of aliphatic carboxylic acids is 1. The number of carboxylic acids is 1. The van der Waals surface area contributed by atoms with Crippen LogP contribution in [0.1, 0.15) is 123 Å². The highest BCUT2D eigenvalue weighted by molar-refractivity contribution is 7.99. The van der Waals surface area contributed by atoms with E-state index in [0.717, 1.165) is 95.2 Å². The molecule has 34 nitrogen and oxygen atoms in total. The molecular formula is C84H87Cl3N10O24S. The Hall–Kier alpha value is -11.2. The molecule has 15 rings (SSSR count). The normalized spacial score (nSPS) is 26.3. The molecular weight excluding hydrogens is 1670 g/mol. The van der Waals surface area contributed by atoms with Gasteiger partial charge >= 0.3 is 5.97 Å². The summed E-state index contributed by atoms with van der Waals surface area (Å²) >= 11 is 21.5. The number of aliphatic hydroxyl groups is 5. The van der Waals surface area contributed by atoms with Crippen LogP contribution in [0.5, 0.6) is 51.9 Å². The van der Waals surface area contributed by atoms with E-state index in [1.165, 1.54) is 18.2 Å². The molecule has 0 spiro atoms. The third kappa shape index (κ3) is 19.6. The smallest absolute Gasteiger partial charge is 0.330 e. The van der Waals surface area contributed by atoms with E-state index in [1.54, 1.807) is 39.8 Å². The number of carboxylic acid groups (broad SMARTS) is 1. The first kappa shape index (κ1) is 88.6. The van der Waals surface area contributed by atoms with Crippen LogP contribution < -0.4 is 57.2 Å². The van der Waals surface area contributed by atoms with Gasteiger partial charge in [0.25, 0.3) is 0 Å². The maximum Gasteiger partial charge on any atom is 0.330 e. The molecule has 2 saturated heterocycles. The largest absolute Gasteiger partial charge is 0.508 e.